The summed E-state index contributed by atoms with van der Waals surface area (Å²) in [6.07, 6.45) is 0. The zero-order valence-electron chi connectivity index (χ0n) is 11.5. The van der Waals surface area contributed by atoms with E-state index in [1.807, 2.05) is 0 Å². The molecule has 1 aromatic heterocycles. The molecule has 0 atom stereocenters. The quantitative estimate of drug-likeness (QED) is 0.705. The van der Waals surface area contributed by atoms with Gasteiger partial charge in [0.25, 0.3) is 5.56 Å². The van der Waals surface area contributed by atoms with Crippen molar-refractivity contribution in [1.82, 2.24) is 9.55 Å². The molecule has 19 heavy (non-hydrogen) atoms. The van der Waals surface area contributed by atoms with E-state index in [4.69, 9.17) is 5.73 Å². The van der Waals surface area contributed by atoms with Crippen molar-refractivity contribution < 1.29 is 9.90 Å². The van der Waals surface area contributed by atoms with Crippen LogP contribution in [0.2, 0.25) is 0 Å². The Morgan fingerprint density at radius 1 is 1.42 bits per heavy atom. The Labute approximate surface area is 110 Å². The first-order chi connectivity index (χ1) is 8.58. The number of nitrogens with two attached hydrogens (primary N) is 1. The molecule has 106 valence electrons. The van der Waals surface area contributed by atoms with Gasteiger partial charge in [0.2, 0.25) is 11.8 Å². The average molecular weight is 269 g/mol. The molecule has 0 saturated heterocycles. The summed E-state index contributed by atoms with van der Waals surface area (Å²) in [5, 5.41) is 10.1. The molecule has 1 aromatic rings. The SMILES string of the molecule is CC(C)c1c(O)n(CC(C)(C)C(N)=O)c(=O)[nH]c1=O. The molecule has 0 aliphatic heterocycles. The van der Waals surface area contributed by atoms with Gasteiger partial charge in [-0.25, -0.2) is 4.79 Å². The van der Waals surface area contributed by atoms with Crippen LogP contribution in [0.4, 0.5) is 0 Å². The summed E-state index contributed by atoms with van der Waals surface area (Å²) < 4.78 is 0.960. The lowest BCUT2D eigenvalue weighted by Gasteiger charge is -2.23. The Morgan fingerprint density at radius 3 is 2.37 bits per heavy atom. The predicted octanol–water partition coefficient (Wildman–Crippen LogP) is -0.123. The Morgan fingerprint density at radius 2 is 1.95 bits per heavy atom. The second-order valence-corrected chi connectivity index (χ2v) is 5.49. The molecule has 1 heterocycles. The highest BCUT2D eigenvalue weighted by Crippen LogP contribution is 2.23. The molecule has 4 N–H and O–H groups in total. The van der Waals surface area contributed by atoms with Crippen molar-refractivity contribution in [3.8, 4) is 5.88 Å². The van der Waals surface area contributed by atoms with Gasteiger partial charge in [-0.1, -0.05) is 13.8 Å². The summed E-state index contributed by atoms with van der Waals surface area (Å²) in [5.41, 5.74) is 2.95. The van der Waals surface area contributed by atoms with Crippen LogP contribution in [0.3, 0.4) is 0 Å². The van der Waals surface area contributed by atoms with E-state index in [0.29, 0.717) is 0 Å². The number of nitrogens with one attached hydrogen (secondary N) is 1. The lowest BCUT2D eigenvalue weighted by Crippen LogP contribution is -2.41. The normalized spacial score (nSPS) is 11.8. The van der Waals surface area contributed by atoms with E-state index < -0.39 is 28.5 Å². The van der Waals surface area contributed by atoms with Crippen molar-refractivity contribution in [1.29, 1.82) is 0 Å². The summed E-state index contributed by atoms with van der Waals surface area (Å²) in [6.45, 7) is 6.45. The lowest BCUT2D eigenvalue weighted by molar-refractivity contribution is -0.126. The largest absolute Gasteiger partial charge is 0.494 e. The molecule has 0 aliphatic rings. The van der Waals surface area contributed by atoms with Gasteiger partial charge in [-0.15, -0.1) is 0 Å². The second-order valence-electron chi connectivity index (χ2n) is 5.49. The molecule has 0 fully saturated rings. The summed E-state index contributed by atoms with van der Waals surface area (Å²) >= 11 is 0. The van der Waals surface area contributed by atoms with Crippen LogP contribution in [0.1, 0.15) is 39.2 Å². The van der Waals surface area contributed by atoms with E-state index in [9.17, 15) is 19.5 Å². The number of rotatable bonds is 4. The molecule has 1 amide bonds. The third kappa shape index (κ3) is 2.86. The van der Waals surface area contributed by atoms with Gasteiger partial charge in [-0.3, -0.25) is 19.1 Å². The van der Waals surface area contributed by atoms with Gasteiger partial charge >= 0.3 is 5.69 Å². The number of aromatic amines is 1. The molecule has 0 radical (unpaired) electrons. The van der Waals surface area contributed by atoms with Crippen LogP contribution in [0.15, 0.2) is 9.59 Å². The van der Waals surface area contributed by atoms with Gasteiger partial charge in [-0.2, -0.15) is 0 Å². The Bertz CT molecular complexity index is 610. The van der Waals surface area contributed by atoms with Gasteiger partial charge in [0.05, 0.1) is 11.0 Å². The minimum atomic E-state index is -1.02. The van der Waals surface area contributed by atoms with Gasteiger partial charge in [-0.05, 0) is 19.8 Å². The van der Waals surface area contributed by atoms with Crippen molar-refractivity contribution in [3.63, 3.8) is 0 Å². The van der Waals surface area contributed by atoms with Gasteiger partial charge in [0.15, 0.2) is 0 Å². The predicted molar refractivity (Wildman–Crippen MR) is 70.1 cm³/mol. The average Bonchev–Trinajstić information content (AvgIpc) is 2.23. The molecule has 0 aliphatic carbocycles. The smallest absolute Gasteiger partial charge is 0.331 e. The van der Waals surface area contributed by atoms with Crippen LogP contribution < -0.4 is 17.0 Å². The molecule has 1 rings (SSSR count). The van der Waals surface area contributed by atoms with Crippen molar-refractivity contribution in [2.75, 3.05) is 0 Å². The van der Waals surface area contributed by atoms with Crippen LogP contribution in [0, 0.1) is 5.41 Å². The van der Waals surface area contributed by atoms with Gasteiger partial charge < -0.3 is 10.8 Å². The zero-order chi connectivity index (χ0) is 15.0. The summed E-state index contributed by atoms with van der Waals surface area (Å²) in [6, 6.07) is 0. The van der Waals surface area contributed by atoms with E-state index in [2.05, 4.69) is 4.98 Å². The fourth-order valence-electron chi connectivity index (χ4n) is 1.72. The van der Waals surface area contributed by atoms with E-state index in [1.165, 1.54) is 0 Å². The van der Waals surface area contributed by atoms with E-state index in [0.717, 1.165) is 4.57 Å². The van der Waals surface area contributed by atoms with Gasteiger partial charge in [0.1, 0.15) is 0 Å². The molecular weight excluding hydrogens is 250 g/mol. The van der Waals surface area contributed by atoms with Crippen LogP contribution in [0.5, 0.6) is 5.88 Å². The van der Waals surface area contributed by atoms with E-state index in [-0.39, 0.29) is 18.0 Å². The van der Waals surface area contributed by atoms with E-state index >= 15 is 0 Å². The Hall–Kier alpha value is -2.05. The van der Waals surface area contributed by atoms with Crippen molar-refractivity contribution in [2.24, 2.45) is 11.1 Å². The number of hydrogen-bond acceptors (Lipinski definition) is 4. The number of hydrogen-bond donors (Lipinski definition) is 3. The number of aromatic nitrogens is 2. The number of carbonyl (C=O) groups excluding carboxylic acids is 1. The summed E-state index contributed by atoms with van der Waals surface area (Å²) in [7, 11) is 0. The fourth-order valence-corrected chi connectivity index (χ4v) is 1.72. The summed E-state index contributed by atoms with van der Waals surface area (Å²) in [4.78, 5) is 36.8. The second kappa shape index (κ2) is 4.91. The first-order valence-corrected chi connectivity index (χ1v) is 5.94. The van der Waals surface area contributed by atoms with Crippen LogP contribution >= 0.6 is 0 Å². The molecule has 0 spiro atoms. The number of H-pyrrole nitrogens is 1. The number of nitrogens with zero attached hydrogens (tertiary/aromatic N) is 1. The number of carbonyl (C=O) groups is 1. The minimum Gasteiger partial charge on any atom is -0.494 e. The van der Waals surface area contributed by atoms with Crippen LogP contribution in [-0.4, -0.2) is 20.6 Å². The number of primary amides is 1. The third-order valence-electron chi connectivity index (χ3n) is 3.00. The maximum Gasteiger partial charge on any atom is 0.331 e. The molecule has 7 nitrogen and oxygen atoms in total. The van der Waals surface area contributed by atoms with Gasteiger partial charge in [0, 0.05) is 6.54 Å². The fraction of sp³-hybridized carbons (Fsp3) is 0.583. The highest BCUT2D eigenvalue weighted by Gasteiger charge is 2.28. The molecule has 0 unspecified atom stereocenters. The zero-order valence-corrected chi connectivity index (χ0v) is 11.5. The molecular formula is C12H19N3O4. The minimum absolute atomic E-state index is 0.108. The van der Waals surface area contributed by atoms with Crippen LogP contribution in [-0.2, 0) is 11.3 Å². The monoisotopic (exact) mass is 269 g/mol. The molecule has 0 aromatic carbocycles. The standard InChI is InChI=1S/C12H19N3O4/c1-6(2)7-8(16)14-11(19)15(9(7)17)5-12(3,4)10(13)18/h6,17H,5H2,1-4H3,(H2,13,18)(H,14,16,19). The molecule has 0 bridgehead atoms. The first-order valence-electron chi connectivity index (χ1n) is 5.94. The summed E-state index contributed by atoms with van der Waals surface area (Å²) in [5.74, 6) is -1.28. The lowest BCUT2D eigenvalue weighted by atomic mass is 9.92. The maximum atomic E-state index is 11.7. The van der Waals surface area contributed by atoms with E-state index in [1.54, 1.807) is 27.7 Å². The molecule has 7 heteroatoms. The van der Waals surface area contributed by atoms with Crippen molar-refractivity contribution >= 4 is 5.91 Å². The Kier molecular flexibility index (Phi) is 3.88. The maximum absolute atomic E-state index is 11.7. The third-order valence-corrected chi connectivity index (χ3v) is 3.00. The first kappa shape index (κ1) is 15.0. The number of aromatic hydroxyl groups is 1. The highest BCUT2D eigenvalue weighted by atomic mass is 16.3. The molecule has 0 saturated carbocycles. The van der Waals surface area contributed by atoms with Crippen molar-refractivity contribution in [3.05, 3.63) is 26.4 Å². The number of amides is 1. The van der Waals surface area contributed by atoms with Crippen LogP contribution in [0.25, 0.3) is 0 Å². The van der Waals surface area contributed by atoms with Crippen molar-refractivity contribution in [2.45, 2.75) is 40.2 Å². The Balaban J connectivity index is 3.46. The highest BCUT2D eigenvalue weighted by molar-refractivity contribution is 5.79. The topological polar surface area (TPSA) is 118 Å².